The highest BCUT2D eigenvalue weighted by atomic mass is 35.5. The Kier molecular flexibility index (Phi) is 30.3. The Morgan fingerprint density at radius 2 is 0.571 bits per heavy atom. The largest absolute Gasteiger partial charge is 0.326 e. The van der Waals surface area contributed by atoms with Crippen molar-refractivity contribution in [2.24, 2.45) is 0 Å². The lowest BCUT2D eigenvalue weighted by molar-refractivity contribution is -0.910. The van der Waals surface area contributed by atoms with Gasteiger partial charge in [-0.3, -0.25) is 0 Å². The quantitative estimate of drug-likeness (QED) is 0.123. The first-order valence-electron chi connectivity index (χ1n) is 12.5. The van der Waals surface area contributed by atoms with Crippen LogP contribution >= 0.6 is 24.8 Å². The highest BCUT2D eigenvalue weighted by Gasteiger charge is 2.20. The Hall–Kier alpha value is 0.540. The van der Waals surface area contributed by atoms with E-state index in [1.54, 1.807) is 0 Å². The van der Waals surface area contributed by atoms with Crippen LogP contribution in [0, 0.1) is 0 Å². The Labute approximate surface area is 192 Å². The molecule has 1 nitrogen and oxygen atoms in total. The molecule has 28 heavy (non-hydrogen) atoms. The van der Waals surface area contributed by atoms with Gasteiger partial charge in [0.1, 0.15) is 0 Å². The average Bonchev–Trinajstić information content (AvgIpc) is 2.64. The van der Waals surface area contributed by atoms with E-state index in [0.29, 0.717) is 0 Å². The van der Waals surface area contributed by atoms with Gasteiger partial charge in [0.25, 0.3) is 0 Å². The fraction of sp³-hybridized carbons (Fsp3) is 1.00. The maximum Gasteiger partial charge on any atom is 0.0784 e. The highest BCUT2D eigenvalue weighted by molar-refractivity contribution is 5.85. The molecule has 0 aromatic rings. The Bertz CT molecular complexity index is 230. The van der Waals surface area contributed by atoms with Gasteiger partial charge in [0.05, 0.1) is 26.7 Å². The minimum Gasteiger partial charge on any atom is -0.326 e. The number of rotatable bonds is 21. The summed E-state index contributed by atoms with van der Waals surface area (Å²) < 4.78 is 1.36. The third kappa shape index (κ3) is 22.8. The molecule has 0 atom stereocenters. The van der Waals surface area contributed by atoms with Gasteiger partial charge in [0, 0.05) is 0 Å². The minimum absolute atomic E-state index is 0. The van der Waals surface area contributed by atoms with Crippen molar-refractivity contribution in [3.8, 4) is 0 Å². The Balaban J connectivity index is -0.00000312. The smallest absolute Gasteiger partial charge is 0.0784 e. The first kappa shape index (κ1) is 33.2. The zero-order chi connectivity index (χ0) is 19.3. The van der Waals surface area contributed by atoms with Crippen LogP contribution in [0.2, 0.25) is 0 Å². The lowest BCUT2D eigenvalue weighted by atomic mass is 10.1. The summed E-state index contributed by atoms with van der Waals surface area (Å²) in [5.41, 5.74) is 0. The van der Waals surface area contributed by atoms with Crippen molar-refractivity contribution in [3.63, 3.8) is 0 Å². The van der Waals surface area contributed by atoms with Crippen molar-refractivity contribution in [1.29, 1.82) is 0 Å². The molecule has 0 spiro atoms. The number of nitrogens with zero attached hydrogens (tertiary/aromatic N) is 1. The van der Waals surface area contributed by atoms with Gasteiger partial charge in [0.15, 0.2) is 0 Å². The molecule has 0 amide bonds. The summed E-state index contributed by atoms with van der Waals surface area (Å²) in [6.45, 7) is 11.2. The predicted octanol–water partition coefficient (Wildman–Crippen LogP) is 9.36. The van der Waals surface area contributed by atoms with Crippen LogP contribution in [-0.4, -0.2) is 31.2 Å². The number of hydrogen-bond donors (Lipinski definition) is 0. The minimum atomic E-state index is 0. The molecule has 0 radical (unpaired) electrons. The van der Waals surface area contributed by atoms with Crippen molar-refractivity contribution < 1.29 is 4.48 Å². The van der Waals surface area contributed by atoms with E-state index in [2.05, 4.69) is 27.8 Å². The molecule has 0 aliphatic carbocycles. The van der Waals surface area contributed by atoms with Crippen molar-refractivity contribution in [3.05, 3.63) is 0 Å². The van der Waals surface area contributed by atoms with E-state index in [4.69, 9.17) is 0 Å². The van der Waals surface area contributed by atoms with Crippen LogP contribution in [-0.2, 0) is 0 Å². The molecule has 0 aromatic carbocycles. The number of unbranched alkanes of at least 4 members (excludes halogenated alkanes) is 15. The monoisotopic (exact) mass is 440 g/mol. The van der Waals surface area contributed by atoms with E-state index < -0.39 is 0 Å². The molecule has 3 heteroatoms. The summed E-state index contributed by atoms with van der Waals surface area (Å²) in [6, 6.07) is 0. The lowest BCUT2D eigenvalue weighted by Crippen LogP contribution is -2.46. The summed E-state index contributed by atoms with van der Waals surface area (Å²) in [5, 5.41) is 0. The molecular formula is C25H56Cl2N+. The second kappa shape index (κ2) is 25.6. The first-order valence-corrected chi connectivity index (χ1v) is 12.5. The summed E-state index contributed by atoms with van der Waals surface area (Å²) >= 11 is 0. The molecule has 0 aromatic heterocycles. The topological polar surface area (TPSA) is 0 Å². The molecule has 174 valence electrons. The van der Waals surface area contributed by atoms with Crippen molar-refractivity contribution in [2.45, 2.75) is 136 Å². The predicted molar refractivity (Wildman–Crippen MR) is 135 cm³/mol. The number of quaternary nitrogens is 1. The molecule has 0 unspecified atom stereocenters. The fourth-order valence-electron chi connectivity index (χ4n) is 4.16. The van der Waals surface area contributed by atoms with Gasteiger partial charge in [0.2, 0.25) is 0 Å². The van der Waals surface area contributed by atoms with E-state index in [-0.39, 0.29) is 24.8 Å². The maximum atomic E-state index is 2.56. The van der Waals surface area contributed by atoms with Gasteiger partial charge in [-0.2, -0.15) is 0 Å². The lowest BCUT2D eigenvalue weighted by Gasteiger charge is -2.35. The van der Waals surface area contributed by atoms with Gasteiger partial charge >= 0.3 is 0 Å². The summed E-state index contributed by atoms with van der Waals surface area (Å²) in [5.74, 6) is 0. The molecule has 0 aliphatic rings. The molecule has 0 N–H and O–H groups in total. The standard InChI is InChI=1S/C25H54N.2ClH/c1-5-8-11-14-17-20-23-26(4,24-21-18-15-12-9-6-2)25-22-19-16-13-10-7-3;;/h5-25H2,1-4H3;2*1H/q+1;;. The highest BCUT2D eigenvalue weighted by Crippen LogP contribution is 2.16. The molecule has 0 saturated heterocycles. The summed E-state index contributed by atoms with van der Waals surface area (Å²) in [7, 11) is 2.56. The number of halogens is 2. The SMILES string of the molecule is CCCCCCCC[N+](C)(CCCCCCCC)CCCCCCCC.Cl.Cl. The zero-order valence-corrected chi connectivity index (χ0v) is 21.7. The molecule has 0 saturated carbocycles. The van der Waals surface area contributed by atoms with E-state index in [9.17, 15) is 0 Å². The van der Waals surface area contributed by atoms with Gasteiger partial charge in [-0.1, -0.05) is 97.8 Å². The average molecular weight is 442 g/mol. The van der Waals surface area contributed by atoms with E-state index >= 15 is 0 Å². The van der Waals surface area contributed by atoms with E-state index in [0.717, 1.165) is 0 Å². The molecule has 0 fully saturated rings. The first-order chi connectivity index (χ1) is 12.7. The fourth-order valence-corrected chi connectivity index (χ4v) is 4.16. The normalized spacial score (nSPS) is 11.1. The third-order valence-electron chi connectivity index (χ3n) is 6.15. The van der Waals surface area contributed by atoms with Crippen LogP contribution in [0.4, 0.5) is 0 Å². The molecular weight excluding hydrogens is 385 g/mol. The maximum absolute atomic E-state index is 2.56. The van der Waals surface area contributed by atoms with Crippen LogP contribution in [0.5, 0.6) is 0 Å². The van der Waals surface area contributed by atoms with Crippen LogP contribution in [0.25, 0.3) is 0 Å². The Morgan fingerprint density at radius 3 is 0.821 bits per heavy atom. The van der Waals surface area contributed by atoms with Crippen LogP contribution in [0.3, 0.4) is 0 Å². The zero-order valence-electron chi connectivity index (χ0n) is 20.1. The summed E-state index contributed by atoms with van der Waals surface area (Å²) in [4.78, 5) is 0. The van der Waals surface area contributed by atoms with Crippen LogP contribution in [0.1, 0.15) is 136 Å². The van der Waals surface area contributed by atoms with Crippen LogP contribution < -0.4 is 0 Å². The molecule has 0 rings (SSSR count). The van der Waals surface area contributed by atoms with Gasteiger partial charge in [-0.25, -0.2) is 0 Å². The van der Waals surface area contributed by atoms with Crippen LogP contribution in [0.15, 0.2) is 0 Å². The van der Waals surface area contributed by atoms with Gasteiger partial charge < -0.3 is 4.48 Å². The van der Waals surface area contributed by atoms with Gasteiger partial charge in [-0.05, 0) is 38.5 Å². The van der Waals surface area contributed by atoms with E-state index in [1.807, 2.05) is 0 Å². The van der Waals surface area contributed by atoms with Crippen molar-refractivity contribution in [2.75, 3.05) is 26.7 Å². The molecule has 0 heterocycles. The molecule has 0 bridgehead atoms. The second-order valence-corrected chi connectivity index (χ2v) is 9.09. The van der Waals surface area contributed by atoms with Crippen molar-refractivity contribution >= 4 is 24.8 Å². The summed E-state index contributed by atoms with van der Waals surface area (Å²) in [6.07, 6.45) is 25.9. The second-order valence-electron chi connectivity index (χ2n) is 9.09. The Morgan fingerprint density at radius 1 is 0.357 bits per heavy atom. The van der Waals surface area contributed by atoms with E-state index in [1.165, 1.54) is 140 Å². The van der Waals surface area contributed by atoms with Crippen molar-refractivity contribution in [1.82, 2.24) is 0 Å². The number of hydrogen-bond acceptors (Lipinski definition) is 0. The van der Waals surface area contributed by atoms with Gasteiger partial charge in [-0.15, -0.1) is 24.8 Å². The third-order valence-corrected chi connectivity index (χ3v) is 6.15. The molecule has 0 aliphatic heterocycles.